The van der Waals surface area contributed by atoms with Crippen molar-refractivity contribution in [2.75, 3.05) is 12.0 Å². The molecule has 1 fully saturated rings. The second-order valence-electron chi connectivity index (χ2n) is 4.98. The number of methoxy groups -OCH3 is 1. The van der Waals surface area contributed by atoms with E-state index in [4.69, 9.17) is 11.6 Å². The Bertz CT molecular complexity index is 823. The number of ether oxygens (including phenoxy) is 1. The first kappa shape index (κ1) is 15.9. The lowest BCUT2D eigenvalue weighted by atomic mass is 9.99. The summed E-state index contributed by atoms with van der Waals surface area (Å²) in [7, 11) is 1.12. The zero-order valence-corrected chi connectivity index (χ0v) is 12.8. The van der Waals surface area contributed by atoms with Crippen LogP contribution in [0.2, 0.25) is 5.02 Å². The Balaban J connectivity index is 2.00. The number of halogens is 1. The van der Waals surface area contributed by atoms with Gasteiger partial charge in [0, 0.05) is 6.07 Å². The van der Waals surface area contributed by atoms with Crippen LogP contribution in [0.3, 0.4) is 0 Å². The van der Waals surface area contributed by atoms with Gasteiger partial charge in [0.25, 0.3) is 11.6 Å². The van der Waals surface area contributed by atoms with Crippen molar-refractivity contribution < 1.29 is 24.0 Å². The molecule has 2 aliphatic rings. The fourth-order valence-electron chi connectivity index (χ4n) is 2.60. The molecule has 0 radical (unpaired) electrons. The van der Waals surface area contributed by atoms with Crippen molar-refractivity contribution in [2.24, 2.45) is 11.0 Å². The first-order valence-electron chi connectivity index (χ1n) is 6.60. The topological polar surface area (TPSA) is 131 Å². The van der Waals surface area contributed by atoms with Crippen molar-refractivity contribution >= 4 is 46.5 Å². The third-order valence-electron chi connectivity index (χ3n) is 3.70. The third kappa shape index (κ3) is 2.19. The van der Waals surface area contributed by atoms with Gasteiger partial charge in [-0.3, -0.25) is 25.1 Å². The number of nitro groups is 1. The summed E-state index contributed by atoms with van der Waals surface area (Å²) in [5.74, 6) is -3.38. The predicted molar refractivity (Wildman–Crippen MR) is 80.5 cm³/mol. The fourth-order valence-corrected chi connectivity index (χ4v) is 2.78. The summed E-state index contributed by atoms with van der Waals surface area (Å²) in [5.41, 5.74) is 1.76. The number of nitrogens with one attached hydrogen (secondary N) is 1. The lowest BCUT2D eigenvalue weighted by Gasteiger charge is -2.15. The number of esters is 1. The van der Waals surface area contributed by atoms with Gasteiger partial charge in [-0.1, -0.05) is 11.6 Å². The standard InChI is InChI=1S/C13H9ClN4O6/c1-24-13(21)10-8-9(15-16-10)12(20)17(11(8)19)5-2-3-6(14)7(4-5)18(22)23/h2-4,8-9,15H,1H3/t8-,9-/m1/s1. The number of carbonyl (C=O) groups excluding carboxylic acids is 3. The number of fused-ring (bicyclic) bond motifs is 1. The first-order chi connectivity index (χ1) is 11.4. The summed E-state index contributed by atoms with van der Waals surface area (Å²) >= 11 is 5.73. The molecular formula is C13H9ClN4O6. The van der Waals surface area contributed by atoms with E-state index in [1.807, 2.05) is 0 Å². The van der Waals surface area contributed by atoms with E-state index in [2.05, 4.69) is 15.3 Å². The Hall–Kier alpha value is -3.01. The van der Waals surface area contributed by atoms with Crippen LogP contribution < -0.4 is 10.3 Å². The molecule has 0 aromatic heterocycles. The molecule has 1 aromatic carbocycles. The fraction of sp³-hybridized carbons (Fsp3) is 0.231. The molecule has 0 bridgehead atoms. The molecule has 2 aliphatic heterocycles. The number of hydrogen-bond acceptors (Lipinski definition) is 8. The molecular weight excluding hydrogens is 344 g/mol. The van der Waals surface area contributed by atoms with E-state index in [0.29, 0.717) is 0 Å². The van der Waals surface area contributed by atoms with Crippen molar-refractivity contribution in [3.8, 4) is 0 Å². The summed E-state index contributed by atoms with van der Waals surface area (Å²) in [6.07, 6.45) is 0. The highest BCUT2D eigenvalue weighted by atomic mass is 35.5. The van der Waals surface area contributed by atoms with Gasteiger partial charge in [-0.05, 0) is 12.1 Å². The van der Waals surface area contributed by atoms with Gasteiger partial charge >= 0.3 is 5.97 Å². The van der Waals surface area contributed by atoms with Crippen LogP contribution in [0, 0.1) is 16.0 Å². The summed E-state index contributed by atoms with van der Waals surface area (Å²) in [4.78, 5) is 47.7. The Morgan fingerprint density at radius 1 is 1.42 bits per heavy atom. The number of imide groups is 1. The monoisotopic (exact) mass is 352 g/mol. The number of anilines is 1. The van der Waals surface area contributed by atoms with Gasteiger partial charge in [0.2, 0.25) is 5.91 Å². The van der Waals surface area contributed by atoms with E-state index in [1.54, 1.807) is 0 Å². The van der Waals surface area contributed by atoms with Crippen molar-refractivity contribution in [1.82, 2.24) is 5.43 Å². The number of amides is 2. The van der Waals surface area contributed by atoms with E-state index in [0.717, 1.165) is 18.1 Å². The highest BCUT2D eigenvalue weighted by molar-refractivity contribution is 6.46. The molecule has 0 aliphatic carbocycles. The number of nitro benzene ring substituents is 1. The molecule has 0 saturated carbocycles. The molecule has 3 rings (SSSR count). The molecule has 1 saturated heterocycles. The Morgan fingerprint density at radius 2 is 2.12 bits per heavy atom. The molecule has 2 heterocycles. The number of carbonyl (C=O) groups is 3. The van der Waals surface area contributed by atoms with Crippen LogP contribution in [-0.4, -0.2) is 41.6 Å². The van der Waals surface area contributed by atoms with E-state index in [1.165, 1.54) is 12.1 Å². The molecule has 124 valence electrons. The van der Waals surface area contributed by atoms with Crippen LogP contribution in [0.25, 0.3) is 0 Å². The zero-order valence-electron chi connectivity index (χ0n) is 12.1. The minimum absolute atomic E-state index is 0.0125. The highest BCUT2D eigenvalue weighted by Crippen LogP contribution is 2.34. The van der Waals surface area contributed by atoms with Crippen LogP contribution in [0.5, 0.6) is 0 Å². The molecule has 1 aromatic rings. The normalized spacial score (nSPS) is 22.1. The Morgan fingerprint density at radius 3 is 2.75 bits per heavy atom. The Labute approximate surface area is 139 Å². The number of nitrogens with zero attached hydrogens (tertiary/aromatic N) is 3. The molecule has 24 heavy (non-hydrogen) atoms. The van der Waals surface area contributed by atoms with Crippen LogP contribution in [0.1, 0.15) is 0 Å². The van der Waals surface area contributed by atoms with E-state index in [9.17, 15) is 24.5 Å². The van der Waals surface area contributed by atoms with Gasteiger partial charge in [-0.2, -0.15) is 5.10 Å². The van der Waals surface area contributed by atoms with E-state index in [-0.39, 0.29) is 16.4 Å². The minimum atomic E-state index is -1.14. The summed E-state index contributed by atoms with van der Waals surface area (Å²) in [5, 5.41) is 14.5. The SMILES string of the molecule is COC(=O)C1=NN[C@H]2C(=O)N(c3ccc(Cl)c([N+](=O)[O-])c3)C(=O)[C@@H]12. The predicted octanol–water partition coefficient (Wildman–Crippen LogP) is 0.238. The minimum Gasteiger partial charge on any atom is -0.464 e. The summed E-state index contributed by atoms with van der Waals surface area (Å²) in [6, 6.07) is 2.49. The van der Waals surface area contributed by atoms with Gasteiger partial charge in [0.15, 0.2) is 5.71 Å². The number of benzene rings is 1. The lowest BCUT2D eigenvalue weighted by Crippen LogP contribution is -2.36. The van der Waals surface area contributed by atoms with Gasteiger partial charge in [0.1, 0.15) is 17.0 Å². The van der Waals surface area contributed by atoms with Crippen molar-refractivity contribution in [3.05, 3.63) is 33.3 Å². The smallest absolute Gasteiger partial charge is 0.355 e. The molecule has 0 spiro atoms. The quantitative estimate of drug-likeness (QED) is 0.356. The van der Waals surface area contributed by atoms with E-state index < -0.39 is 40.4 Å². The second-order valence-corrected chi connectivity index (χ2v) is 5.38. The molecule has 0 unspecified atom stereocenters. The van der Waals surface area contributed by atoms with Gasteiger partial charge in [-0.15, -0.1) is 0 Å². The van der Waals surface area contributed by atoms with Crippen molar-refractivity contribution in [2.45, 2.75) is 6.04 Å². The summed E-state index contributed by atoms with van der Waals surface area (Å²) in [6.45, 7) is 0. The van der Waals surface area contributed by atoms with Crippen LogP contribution in [0.4, 0.5) is 11.4 Å². The average Bonchev–Trinajstić information content (AvgIpc) is 3.08. The number of hydrogen-bond donors (Lipinski definition) is 1. The average molecular weight is 353 g/mol. The number of rotatable bonds is 3. The lowest BCUT2D eigenvalue weighted by molar-refractivity contribution is -0.384. The zero-order chi connectivity index (χ0) is 17.6. The van der Waals surface area contributed by atoms with Crippen molar-refractivity contribution in [3.63, 3.8) is 0 Å². The maximum absolute atomic E-state index is 12.6. The molecule has 10 nitrogen and oxygen atoms in total. The largest absolute Gasteiger partial charge is 0.464 e. The molecule has 2 atom stereocenters. The molecule has 2 amide bonds. The van der Waals surface area contributed by atoms with Crippen LogP contribution in [-0.2, 0) is 19.1 Å². The highest BCUT2D eigenvalue weighted by Gasteiger charge is 2.55. The number of hydrazone groups is 1. The van der Waals surface area contributed by atoms with Crippen LogP contribution >= 0.6 is 11.6 Å². The third-order valence-corrected chi connectivity index (χ3v) is 4.02. The molecule has 11 heteroatoms. The van der Waals surface area contributed by atoms with Crippen LogP contribution in [0.15, 0.2) is 23.3 Å². The Kier molecular flexibility index (Phi) is 3.68. The van der Waals surface area contributed by atoms with Gasteiger partial charge < -0.3 is 4.74 Å². The molecule has 1 N–H and O–H groups in total. The maximum atomic E-state index is 12.6. The summed E-state index contributed by atoms with van der Waals surface area (Å²) < 4.78 is 4.53. The second kappa shape index (κ2) is 5.57. The van der Waals surface area contributed by atoms with Gasteiger partial charge in [0.05, 0.1) is 17.7 Å². The van der Waals surface area contributed by atoms with Gasteiger partial charge in [-0.25, -0.2) is 9.69 Å². The van der Waals surface area contributed by atoms with E-state index >= 15 is 0 Å². The van der Waals surface area contributed by atoms with Crippen molar-refractivity contribution in [1.29, 1.82) is 0 Å². The maximum Gasteiger partial charge on any atom is 0.355 e. The first-order valence-corrected chi connectivity index (χ1v) is 6.97.